The van der Waals surface area contributed by atoms with Crippen molar-refractivity contribution in [2.75, 3.05) is 27.8 Å². The number of thioether (sulfide) groups is 2. The average molecular weight is 447 g/mol. The maximum Gasteiger partial charge on any atom is 0.256 e. The van der Waals surface area contributed by atoms with Crippen LogP contribution in [0.5, 0.6) is 0 Å². The number of aliphatic hydroxyl groups excluding tert-OH is 1. The van der Waals surface area contributed by atoms with Crippen molar-refractivity contribution in [3.05, 3.63) is 59.4 Å². The Balaban J connectivity index is 1.60. The Morgan fingerprint density at radius 2 is 2.13 bits per heavy atom. The Morgan fingerprint density at radius 1 is 1.30 bits per heavy atom. The minimum Gasteiger partial charge on any atom is -0.501 e. The van der Waals surface area contributed by atoms with Gasteiger partial charge in [-0.3, -0.25) is 9.69 Å². The van der Waals surface area contributed by atoms with Crippen LogP contribution in [0.1, 0.15) is 18.4 Å². The molecule has 4 atom stereocenters. The zero-order valence-corrected chi connectivity index (χ0v) is 19.0. The summed E-state index contributed by atoms with van der Waals surface area (Å²) in [5.74, 6) is 0.934. The Labute approximate surface area is 186 Å². The molecule has 1 aromatic carbocycles. The highest BCUT2D eigenvalue weighted by Gasteiger charge is 2.59. The van der Waals surface area contributed by atoms with Crippen LogP contribution in [-0.4, -0.2) is 69.7 Å². The number of aliphatic hydroxyl groups is 1. The largest absolute Gasteiger partial charge is 0.501 e. The minimum absolute atomic E-state index is 0.0298. The van der Waals surface area contributed by atoms with Gasteiger partial charge in [-0.05, 0) is 48.9 Å². The van der Waals surface area contributed by atoms with Crippen LogP contribution in [0.3, 0.4) is 0 Å². The summed E-state index contributed by atoms with van der Waals surface area (Å²) in [6, 6.07) is 11.3. The highest BCUT2D eigenvalue weighted by atomic mass is 32.2. The van der Waals surface area contributed by atoms with Gasteiger partial charge in [-0.1, -0.05) is 18.2 Å². The Hall–Kier alpha value is -1.63. The van der Waals surface area contributed by atoms with E-state index in [1.54, 1.807) is 53.5 Å². The molecule has 30 heavy (non-hydrogen) atoms. The molecule has 3 fully saturated rings. The van der Waals surface area contributed by atoms with Gasteiger partial charge in [-0.15, -0.1) is 23.5 Å². The van der Waals surface area contributed by atoms with E-state index in [2.05, 4.69) is 18.2 Å². The minimum atomic E-state index is -0.991. The van der Waals surface area contributed by atoms with Crippen LogP contribution < -0.4 is 0 Å². The van der Waals surface area contributed by atoms with Gasteiger partial charge in [0.1, 0.15) is 11.6 Å². The van der Waals surface area contributed by atoms with Gasteiger partial charge in [0.15, 0.2) is 4.87 Å². The van der Waals surface area contributed by atoms with E-state index in [9.17, 15) is 9.90 Å². The molecule has 1 aromatic rings. The molecule has 0 aromatic heterocycles. The van der Waals surface area contributed by atoms with Gasteiger partial charge in [0.25, 0.3) is 5.91 Å². The number of methoxy groups -OCH3 is 1. The molecule has 8 heteroatoms. The molecular weight excluding hydrogens is 420 g/mol. The Morgan fingerprint density at radius 3 is 2.80 bits per heavy atom. The van der Waals surface area contributed by atoms with E-state index in [1.807, 2.05) is 25.3 Å². The quantitative estimate of drug-likeness (QED) is 0.721. The van der Waals surface area contributed by atoms with Crippen molar-refractivity contribution >= 4 is 29.4 Å². The number of nitrogens with zero attached hydrogens (tertiary/aromatic N) is 2. The molecule has 0 saturated carbocycles. The monoisotopic (exact) mass is 446 g/mol. The summed E-state index contributed by atoms with van der Waals surface area (Å²) < 4.78 is 11.4. The summed E-state index contributed by atoms with van der Waals surface area (Å²) in [5, 5.41) is 10.7. The molecule has 4 unspecified atom stereocenters. The number of allylic oxidation sites excluding steroid dienone is 3. The topological polar surface area (TPSA) is 62.2 Å². The third-order valence-electron chi connectivity index (χ3n) is 5.82. The standard InChI is InChI=1S/C22H26N2O4S2/c1-23-19-18(25)24(2)22(21(23)26,14-28-13-15-7-5-4-6-8-15)30-20(29-19)16-9-11-17(27-3)12-10-16/h5,7-9,11,18-20,25H,10,12-14H2,1-3H3. The molecule has 0 radical (unpaired) electrons. The number of carbonyl (C=O) groups excluding carboxylic acids is 1. The number of fused-ring (bicyclic) bond motifs is 4. The number of ether oxygens (including phenoxy) is 2. The molecule has 4 aliphatic rings. The summed E-state index contributed by atoms with van der Waals surface area (Å²) in [6.07, 6.45) is 5.05. The van der Waals surface area contributed by atoms with E-state index in [4.69, 9.17) is 9.47 Å². The van der Waals surface area contributed by atoms with Crippen molar-refractivity contribution in [2.45, 2.75) is 40.5 Å². The third-order valence-corrected chi connectivity index (χ3v) is 9.32. The fraction of sp³-hybridized carbons (Fsp3) is 0.500. The summed E-state index contributed by atoms with van der Waals surface area (Å²) in [6.45, 7) is 0.557. The smallest absolute Gasteiger partial charge is 0.256 e. The molecule has 6 nitrogen and oxygen atoms in total. The van der Waals surface area contributed by atoms with Crippen molar-refractivity contribution in [3.63, 3.8) is 0 Å². The SMILES string of the molecule is COC1=CC=C(C2SC3C(O)N(C)C(COCc4cc#ccc4)(S2)C(=O)N3C)CC1. The van der Waals surface area contributed by atoms with Crippen LogP contribution in [0.15, 0.2) is 41.7 Å². The second-order valence-corrected chi connectivity index (χ2v) is 10.5. The van der Waals surface area contributed by atoms with Crippen molar-refractivity contribution in [1.82, 2.24) is 9.80 Å². The number of hydrogen-bond acceptors (Lipinski definition) is 7. The summed E-state index contributed by atoms with van der Waals surface area (Å²) in [7, 11) is 5.27. The van der Waals surface area contributed by atoms with Crippen molar-refractivity contribution < 1.29 is 19.4 Å². The van der Waals surface area contributed by atoms with Gasteiger partial charge < -0.3 is 19.5 Å². The van der Waals surface area contributed by atoms with Crippen molar-refractivity contribution in [3.8, 4) is 0 Å². The molecule has 2 bridgehead atoms. The first-order chi connectivity index (χ1) is 14.5. The second kappa shape index (κ2) is 8.85. The Bertz CT molecular complexity index is 847. The van der Waals surface area contributed by atoms with Gasteiger partial charge >= 0.3 is 0 Å². The normalized spacial score (nSPS) is 31.7. The maximum atomic E-state index is 13.5. The van der Waals surface area contributed by atoms with E-state index in [-0.39, 0.29) is 22.5 Å². The van der Waals surface area contributed by atoms with Crippen LogP contribution in [0.25, 0.3) is 0 Å². The molecule has 1 N–H and O–H groups in total. The van der Waals surface area contributed by atoms with Crippen LogP contribution in [-0.2, 0) is 20.9 Å². The zero-order chi connectivity index (χ0) is 21.3. The third kappa shape index (κ3) is 3.85. The lowest BCUT2D eigenvalue weighted by Crippen LogP contribution is -2.69. The molecule has 1 aliphatic carbocycles. The summed E-state index contributed by atoms with van der Waals surface area (Å²) in [4.78, 5) is 15.9. The van der Waals surface area contributed by atoms with Gasteiger partial charge in [0.2, 0.25) is 0 Å². The van der Waals surface area contributed by atoms with E-state index in [0.717, 1.165) is 24.2 Å². The fourth-order valence-corrected chi connectivity index (χ4v) is 7.55. The lowest BCUT2D eigenvalue weighted by Gasteiger charge is -2.49. The van der Waals surface area contributed by atoms with Crippen molar-refractivity contribution in [1.29, 1.82) is 0 Å². The summed E-state index contributed by atoms with van der Waals surface area (Å²) >= 11 is 3.21. The first-order valence-corrected chi connectivity index (χ1v) is 11.7. The second-order valence-electron chi connectivity index (χ2n) is 7.61. The fourth-order valence-electron chi connectivity index (χ4n) is 3.91. The number of piperazine rings is 1. The number of likely N-dealkylation sites (N-methyl/N-ethyl adjacent to an activating group) is 2. The van der Waals surface area contributed by atoms with E-state index >= 15 is 0 Å². The van der Waals surface area contributed by atoms with Crippen molar-refractivity contribution in [2.24, 2.45) is 0 Å². The van der Waals surface area contributed by atoms with E-state index < -0.39 is 11.1 Å². The van der Waals surface area contributed by atoms with Crippen LogP contribution in [0.4, 0.5) is 0 Å². The predicted octanol–water partition coefficient (Wildman–Crippen LogP) is 2.60. The van der Waals surface area contributed by atoms with E-state index in [1.165, 1.54) is 5.57 Å². The highest BCUT2D eigenvalue weighted by Crippen LogP contribution is 2.53. The van der Waals surface area contributed by atoms with Crippen LogP contribution in [0, 0.1) is 12.1 Å². The van der Waals surface area contributed by atoms with E-state index in [0.29, 0.717) is 6.61 Å². The van der Waals surface area contributed by atoms with Gasteiger partial charge in [0, 0.05) is 13.5 Å². The number of hydrogen-bond donors (Lipinski definition) is 1. The number of carbonyl (C=O) groups is 1. The zero-order valence-electron chi connectivity index (χ0n) is 17.3. The first-order valence-electron chi connectivity index (χ1n) is 9.86. The maximum absolute atomic E-state index is 13.5. The van der Waals surface area contributed by atoms with Gasteiger partial charge in [0.05, 0.1) is 30.7 Å². The summed E-state index contributed by atoms with van der Waals surface area (Å²) in [5.41, 5.74) is 2.22. The molecular formula is C22H26N2O4S2. The molecule has 3 saturated heterocycles. The average Bonchev–Trinajstić information content (AvgIpc) is 2.96. The lowest BCUT2D eigenvalue weighted by molar-refractivity contribution is -0.164. The van der Waals surface area contributed by atoms with Gasteiger partial charge in [-0.25, -0.2) is 0 Å². The molecule has 3 aliphatic heterocycles. The molecule has 0 spiro atoms. The number of rotatable bonds is 6. The Kier molecular flexibility index (Phi) is 6.37. The first kappa shape index (κ1) is 21.6. The molecule has 160 valence electrons. The molecule has 5 rings (SSSR count). The molecule has 1 amide bonds. The predicted molar refractivity (Wildman–Crippen MR) is 118 cm³/mol. The van der Waals surface area contributed by atoms with Crippen LogP contribution >= 0.6 is 23.5 Å². The van der Waals surface area contributed by atoms with Gasteiger partial charge in [-0.2, -0.15) is 0 Å². The lowest BCUT2D eigenvalue weighted by atomic mass is 10.1. The number of amides is 1. The highest BCUT2D eigenvalue weighted by molar-refractivity contribution is 8.18. The van der Waals surface area contributed by atoms with Crippen LogP contribution in [0.2, 0.25) is 0 Å². The molecule has 3 heterocycles.